The molecule has 0 aromatic heterocycles. The van der Waals surface area contributed by atoms with Crippen LogP contribution >= 0.6 is 0 Å². The zero-order chi connectivity index (χ0) is 17.7. The number of amides is 2. The van der Waals surface area contributed by atoms with E-state index in [2.05, 4.69) is 10.6 Å². The number of hydrogen-bond donors (Lipinski definition) is 2. The first-order chi connectivity index (χ1) is 11.4. The number of anilines is 2. The van der Waals surface area contributed by atoms with Crippen LogP contribution in [-0.4, -0.2) is 11.8 Å². The minimum Gasteiger partial charge on any atom is -0.326 e. The molecule has 24 heavy (non-hydrogen) atoms. The molecule has 0 saturated carbocycles. The maximum absolute atomic E-state index is 13.9. The molecule has 2 aromatic rings. The van der Waals surface area contributed by atoms with E-state index in [1.165, 1.54) is 12.1 Å². The van der Waals surface area contributed by atoms with Gasteiger partial charge in [0.05, 0.1) is 5.56 Å². The summed E-state index contributed by atoms with van der Waals surface area (Å²) in [5.41, 5.74) is 2.69. The number of benzene rings is 2. The Labute approximate surface area is 141 Å². The predicted octanol–water partition coefficient (Wildman–Crippen LogP) is 4.43. The fourth-order valence-electron chi connectivity index (χ4n) is 2.28. The minimum atomic E-state index is -0.558. The molecule has 0 aliphatic carbocycles. The molecular formula is C19H21FN2O2. The third-order valence-corrected chi connectivity index (χ3v) is 3.62. The molecule has 0 bridgehead atoms. The summed E-state index contributed by atoms with van der Waals surface area (Å²) in [5.74, 6) is -1.16. The number of rotatable bonds is 5. The normalized spacial score (nSPS) is 10.3. The van der Waals surface area contributed by atoms with Gasteiger partial charge < -0.3 is 10.6 Å². The highest BCUT2D eigenvalue weighted by Crippen LogP contribution is 2.22. The largest absolute Gasteiger partial charge is 0.326 e. The summed E-state index contributed by atoms with van der Waals surface area (Å²) in [4.78, 5) is 24.0. The van der Waals surface area contributed by atoms with Crippen LogP contribution in [0.3, 0.4) is 0 Å². The van der Waals surface area contributed by atoms with Crippen LogP contribution in [0, 0.1) is 19.7 Å². The lowest BCUT2D eigenvalue weighted by molar-refractivity contribution is -0.116. The molecule has 0 fully saturated rings. The van der Waals surface area contributed by atoms with Gasteiger partial charge in [-0.25, -0.2) is 4.39 Å². The predicted molar refractivity (Wildman–Crippen MR) is 93.8 cm³/mol. The molecule has 2 N–H and O–H groups in total. The lowest BCUT2D eigenvalue weighted by atomic mass is 10.1. The fourth-order valence-corrected chi connectivity index (χ4v) is 2.28. The number of carbonyl (C=O) groups excluding carboxylic acids is 2. The Kier molecular flexibility index (Phi) is 5.68. The second-order valence-electron chi connectivity index (χ2n) is 5.77. The van der Waals surface area contributed by atoms with Crippen molar-refractivity contribution in [1.29, 1.82) is 0 Å². The zero-order valence-electron chi connectivity index (χ0n) is 14.1. The van der Waals surface area contributed by atoms with Gasteiger partial charge in [-0.2, -0.15) is 0 Å². The number of carbonyl (C=O) groups is 2. The van der Waals surface area contributed by atoms with Crippen molar-refractivity contribution < 1.29 is 14.0 Å². The molecule has 126 valence electrons. The summed E-state index contributed by atoms with van der Waals surface area (Å²) >= 11 is 0. The Bertz CT molecular complexity index is 772. The maximum atomic E-state index is 13.9. The summed E-state index contributed by atoms with van der Waals surface area (Å²) in [5, 5.41) is 5.48. The van der Waals surface area contributed by atoms with Gasteiger partial charge in [0, 0.05) is 17.8 Å². The lowest BCUT2D eigenvalue weighted by Gasteiger charge is -2.12. The van der Waals surface area contributed by atoms with Crippen LogP contribution in [0.15, 0.2) is 36.4 Å². The molecule has 2 aromatic carbocycles. The number of nitrogens with one attached hydrogen (secondary N) is 2. The smallest absolute Gasteiger partial charge is 0.258 e. The van der Waals surface area contributed by atoms with Crippen LogP contribution in [0.25, 0.3) is 0 Å². The summed E-state index contributed by atoms with van der Waals surface area (Å²) in [6.45, 7) is 5.52. The van der Waals surface area contributed by atoms with Gasteiger partial charge in [0.15, 0.2) is 0 Å². The Morgan fingerprint density at radius 3 is 2.46 bits per heavy atom. The van der Waals surface area contributed by atoms with Crippen molar-refractivity contribution in [1.82, 2.24) is 0 Å². The lowest BCUT2D eigenvalue weighted by Crippen LogP contribution is -2.15. The van der Waals surface area contributed by atoms with Crippen LogP contribution < -0.4 is 10.6 Å². The molecule has 0 heterocycles. The Balaban J connectivity index is 2.19. The van der Waals surface area contributed by atoms with Crippen molar-refractivity contribution >= 4 is 23.2 Å². The van der Waals surface area contributed by atoms with Gasteiger partial charge >= 0.3 is 0 Å². The first-order valence-electron chi connectivity index (χ1n) is 7.88. The molecule has 0 spiro atoms. The third kappa shape index (κ3) is 4.41. The number of hydrogen-bond acceptors (Lipinski definition) is 2. The Hall–Kier alpha value is -2.69. The van der Waals surface area contributed by atoms with E-state index in [9.17, 15) is 14.0 Å². The van der Waals surface area contributed by atoms with E-state index in [0.29, 0.717) is 17.8 Å². The first kappa shape index (κ1) is 17.7. The zero-order valence-corrected chi connectivity index (χ0v) is 14.1. The second kappa shape index (κ2) is 7.73. The Morgan fingerprint density at radius 2 is 1.79 bits per heavy atom. The molecule has 2 amide bonds. The van der Waals surface area contributed by atoms with E-state index in [4.69, 9.17) is 0 Å². The number of aryl methyl sites for hydroxylation is 2. The van der Waals surface area contributed by atoms with Gasteiger partial charge in [-0.1, -0.05) is 19.1 Å². The van der Waals surface area contributed by atoms with Crippen LogP contribution in [0.1, 0.15) is 41.3 Å². The van der Waals surface area contributed by atoms with Gasteiger partial charge in [-0.05, 0) is 55.7 Å². The van der Waals surface area contributed by atoms with Gasteiger partial charge in [0.1, 0.15) is 5.82 Å². The highest BCUT2D eigenvalue weighted by molar-refractivity contribution is 6.05. The molecule has 0 atom stereocenters. The van der Waals surface area contributed by atoms with Gasteiger partial charge in [-0.15, -0.1) is 0 Å². The molecule has 2 rings (SSSR count). The molecule has 0 aliphatic heterocycles. The van der Waals surface area contributed by atoms with Crippen molar-refractivity contribution in [3.8, 4) is 0 Å². The molecule has 0 unspecified atom stereocenters. The van der Waals surface area contributed by atoms with Crippen molar-refractivity contribution in [3.63, 3.8) is 0 Å². The quantitative estimate of drug-likeness (QED) is 0.853. The molecule has 0 saturated heterocycles. The van der Waals surface area contributed by atoms with E-state index in [-0.39, 0.29) is 11.5 Å². The summed E-state index contributed by atoms with van der Waals surface area (Å²) < 4.78 is 13.9. The summed E-state index contributed by atoms with van der Waals surface area (Å²) in [6.07, 6.45) is 1.19. The van der Waals surface area contributed by atoms with E-state index in [0.717, 1.165) is 17.5 Å². The van der Waals surface area contributed by atoms with Crippen molar-refractivity contribution in [3.05, 3.63) is 58.9 Å². The third-order valence-electron chi connectivity index (χ3n) is 3.62. The topological polar surface area (TPSA) is 58.2 Å². The van der Waals surface area contributed by atoms with Crippen LogP contribution in [-0.2, 0) is 4.79 Å². The standard InChI is InChI=1S/C19H21FN2O2/c1-4-5-18(23)21-14-8-7-13(3)17(11-14)22-19(24)15-9-6-12(2)10-16(15)20/h6-11H,4-5H2,1-3H3,(H,21,23)(H,22,24). The Morgan fingerprint density at radius 1 is 1.04 bits per heavy atom. The number of halogens is 1. The van der Waals surface area contributed by atoms with Gasteiger partial charge in [-0.3, -0.25) is 9.59 Å². The SMILES string of the molecule is CCCC(=O)Nc1ccc(C)c(NC(=O)c2ccc(C)cc2F)c1. The van der Waals surface area contributed by atoms with E-state index in [1.807, 2.05) is 13.8 Å². The van der Waals surface area contributed by atoms with E-state index in [1.54, 1.807) is 31.2 Å². The monoisotopic (exact) mass is 328 g/mol. The van der Waals surface area contributed by atoms with E-state index < -0.39 is 11.7 Å². The average Bonchev–Trinajstić information content (AvgIpc) is 2.50. The van der Waals surface area contributed by atoms with Crippen molar-refractivity contribution in [2.45, 2.75) is 33.6 Å². The molecule has 4 nitrogen and oxygen atoms in total. The summed E-state index contributed by atoms with van der Waals surface area (Å²) in [6, 6.07) is 9.71. The fraction of sp³-hybridized carbons (Fsp3) is 0.263. The minimum absolute atomic E-state index is 0.0135. The highest BCUT2D eigenvalue weighted by atomic mass is 19.1. The van der Waals surface area contributed by atoms with Gasteiger partial charge in [0.25, 0.3) is 5.91 Å². The van der Waals surface area contributed by atoms with E-state index >= 15 is 0 Å². The first-order valence-corrected chi connectivity index (χ1v) is 7.88. The van der Waals surface area contributed by atoms with Crippen LogP contribution in [0.5, 0.6) is 0 Å². The molecule has 0 radical (unpaired) electrons. The average molecular weight is 328 g/mol. The maximum Gasteiger partial charge on any atom is 0.258 e. The molecule has 5 heteroatoms. The van der Waals surface area contributed by atoms with Crippen molar-refractivity contribution in [2.75, 3.05) is 10.6 Å². The molecule has 0 aliphatic rings. The summed E-state index contributed by atoms with van der Waals surface area (Å²) in [7, 11) is 0. The highest BCUT2D eigenvalue weighted by Gasteiger charge is 2.13. The van der Waals surface area contributed by atoms with Gasteiger partial charge in [0.2, 0.25) is 5.91 Å². The van der Waals surface area contributed by atoms with Crippen LogP contribution in [0.2, 0.25) is 0 Å². The van der Waals surface area contributed by atoms with Crippen molar-refractivity contribution in [2.24, 2.45) is 0 Å². The van der Waals surface area contributed by atoms with Crippen LogP contribution in [0.4, 0.5) is 15.8 Å². The molecular weight excluding hydrogens is 307 g/mol. The second-order valence-corrected chi connectivity index (χ2v) is 5.77.